The molecule has 0 aliphatic carbocycles. The molecule has 0 bridgehead atoms. The third kappa shape index (κ3) is 3.47. The lowest BCUT2D eigenvalue weighted by Crippen LogP contribution is -2.39. The molecule has 2 saturated heterocycles. The third-order valence-electron chi connectivity index (χ3n) is 5.11. The first-order valence-electron chi connectivity index (χ1n) is 9.21. The molecule has 0 aromatic heterocycles. The number of hydrogen-bond donors (Lipinski definition) is 1. The molecule has 3 amide bonds. The van der Waals surface area contributed by atoms with E-state index in [1.807, 2.05) is 42.5 Å². The first-order valence-corrected chi connectivity index (χ1v) is 9.59. The standard InChI is InChI=1S/C21H19ClN2O4/c22-19-15(3-1-4-16(19)17-9-10-18(25)23-20(17)26)13-5-7-14(8-6-13)24-11-2-12-28-21(24)27/h1,3-8,17H,2,9-12H2,(H,23,25,26). The number of halogens is 1. The van der Waals surface area contributed by atoms with Crippen LogP contribution in [-0.2, 0) is 14.3 Å². The fourth-order valence-corrected chi connectivity index (χ4v) is 4.01. The third-order valence-corrected chi connectivity index (χ3v) is 5.53. The van der Waals surface area contributed by atoms with E-state index in [4.69, 9.17) is 16.3 Å². The van der Waals surface area contributed by atoms with Gasteiger partial charge in [-0.15, -0.1) is 0 Å². The van der Waals surface area contributed by atoms with Crippen molar-refractivity contribution in [3.05, 3.63) is 53.1 Å². The van der Waals surface area contributed by atoms with E-state index < -0.39 is 5.92 Å². The van der Waals surface area contributed by atoms with Crippen LogP contribution in [0.2, 0.25) is 5.02 Å². The average Bonchev–Trinajstić information content (AvgIpc) is 2.69. The summed E-state index contributed by atoms with van der Waals surface area (Å²) >= 11 is 6.64. The molecule has 7 heteroatoms. The molecule has 2 aliphatic heterocycles. The molecule has 1 atom stereocenters. The Labute approximate surface area is 167 Å². The SMILES string of the molecule is O=C1CCC(c2cccc(-c3ccc(N4CCCOC4=O)cc3)c2Cl)C(=O)N1. The van der Waals surface area contributed by atoms with Crippen LogP contribution in [0.4, 0.5) is 10.5 Å². The molecule has 144 valence electrons. The van der Waals surface area contributed by atoms with E-state index >= 15 is 0 Å². The summed E-state index contributed by atoms with van der Waals surface area (Å²) in [5.41, 5.74) is 3.17. The van der Waals surface area contributed by atoms with Crippen LogP contribution in [-0.4, -0.2) is 31.1 Å². The summed E-state index contributed by atoms with van der Waals surface area (Å²) < 4.78 is 5.08. The fraction of sp³-hybridized carbons (Fsp3) is 0.286. The summed E-state index contributed by atoms with van der Waals surface area (Å²) in [6.45, 7) is 1.08. The molecule has 0 spiro atoms. The quantitative estimate of drug-likeness (QED) is 0.796. The van der Waals surface area contributed by atoms with Crippen LogP contribution in [0, 0.1) is 0 Å². The maximum absolute atomic E-state index is 12.2. The highest BCUT2D eigenvalue weighted by Gasteiger charge is 2.30. The first-order chi connectivity index (χ1) is 13.5. The van der Waals surface area contributed by atoms with Crippen molar-refractivity contribution >= 4 is 35.2 Å². The molecule has 0 saturated carbocycles. The van der Waals surface area contributed by atoms with Crippen molar-refractivity contribution in [2.75, 3.05) is 18.1 Å². The summed E-state index contributed by atoms with van der Waals surface area (Å²) in [4.78, 5) is 37.1. The lowest BCUT2D eigenvalue weighted by Gasteiger charge is -2.26. The van der Waals surface area contributed by atoms with Gasteiger partial charge in [0, 0.05) is 24.2 Å². The Morgan fingerprint density at radius 3 is 2.57 bits per heavy atom. The second-order valence-corrected chi connectivity index (χ2v) is 7.26. The number of benzene rings is 2. The van der Waals surface area contributed by atoms with Crippen LogP contribution in [0.3, 0.4) is 0 Å². The maximum atomic E-state index is 12.2. The van der Waals surface area contributed by atoms with Gasteiger partial charge in [0.2, 0.25) is 11.8 Å². The zero-order chi connectivity index (χ0) is 19.7. The van der Waals surface area contributed by atoms with Gasteiger partial charge in [0.1, 0.15) is 0 Å². The number of carbonyl (C=O) groups excluding carboxylic acids is 3. The molecular formula is C21H19ClN2O4. The van der Waals surface area contributed by atoms with Gasteiger partial charge in [0.25, 0.3) is 0 Å². The molecule has 0 radical (unpaired) electrons. The van der Waals surface area contributed by atoms with Crippen LogP contribution < -0.4 is 10.2 Å². The summed E-state index contributed by atoms with van der Waals surface area (Å²) in [5.74, 6) is -0.998. The summed E-state index contributed by atoms with van der Waals surface area (Å²) in [6, 6.07) is 13.1. The number of ether oxygens (including phenoxy) is 1. The number of anilines is 1. The molecule has 4 rings (SSSR count). The van der Waals surface area contributed by atoms with Crippen LogP contribution in [0.15, 0.2) is 42.5 Å². The van der Waals surface area contributed by atoms with Gasteiger partial charge < -0.3 is 4.74 Å². The Morgan fingerprint density at radius 1 is 1.07 bits per heavy atom. The highest BCUT2D eigenvalue weighted by atomic mass is 35.5. The van der Waals surface area contributed by atoms with Gasteiger partial charge in [0.15, 0.2) is 0 Å². The number of nitrogens with zero attached hydrogens (tertiary/aromatic N) is 1. The van der Waals surface area contributed by atoms with E-state index in [0.29, 0.717) is 36.6 Å². The van der Waals surface area contributed by atoms with E-state index in [0.717, 1.165) is 23.2 Å². The second-order valence-electron chi connectivity index (χ2n) is 6.88. The molecule has 28 heavy (non-hydrogen) atoms. The van der Waals surface area contributed by atoms with Crippen LogP contribution in [0.25, 0.3) is 11.1 Å². The molecule has 6 nitrogen and oxygen atoms in total. The van der Waals surface area contributed by atoms with E-state index in [9.17, 15) is 14.4 Å². The highest BCUT2D eigenvalue weighted by molar-refractivity contribution is 6.34. The van der Waals surface area contributed by atoms with Crippen molar-refractivity contribution in [3.63, 3.8) is 0 Å². The smallest absolute Gasteiger partial charge is 0.414 e. The molecule has 2 aromatic carbocycles. The van der Waals surface area contributed by atoms with E-state index in [2.05, 4.69) is 5.32 Å². The number of amides is 3. The van der Waals surface area contributed by atoms with Gasteiger partial charge in [-0.1, -0.05) is 41.9 Å². The average molecular weight is 399 g/mol. The Bertz CT molecular complexity index is 942. The largest absolute Gasteiger partial charge is 0.449 e. The van der Waals surface area contributed by atoms with E-state index in [1.165, 1.54) is 0 Å². The number of carbonyl (C=O) groups is 3. The van der Waals surface area contributed by atoms with Crippen molar-refractivity contribution in [2.45, 2.75) is 25.2 Å². The van der Waals surface area contributed by atoms with Gasteiger partial charge in [0.05, 0.1) is 17.5 Å². The second kappa shape index (κ2) is 7.64. The Kier molecular flexibility index (Phi) is 5.05. The van der Waals surface area contributed by atoms with Gasteiger partial charge in [-0.25, -0.2) is 4.79 Å². The predicted octanol–water partition coefficient (Wildman–Crippen LogP) is 3.87. The molecule has 1 unspecified atom stereocenters. The zero-order valence-corrected chi connectivity index (χ0v) is 15.9. The van der Waals surface area contributed by atoms with Gasteiger partial charge >= 0.3 is 6.09 Å². The minimum Gasteiger partial charge on any atom is -0.449 e. The normalized spacial score (nSPS) is 20.0. The summed E-state index contributed by atoms with van der Waals surface area (Å²) in [7, 11) is 0. The number of nitrogens with one attached hydrogen (secondary N) is 1. The van der Waals surface area contributed by atoms with Crippen molar-refractivity contribution in [3.8, 4) is 11.1 Å². The predicted molar refractivity (Wildman–Crippen MR) is 105 cm³/mol. The zero-order valence-electron chi connectivity index (χ0n) is 15.1. The van der Waals surface area contributed by atoms with Crippen molar-refractivity contribution in [2.24, 2.45) is 0 Å². The molecule has 2 aliphatic rings. The molecule has 2 fully saturated rings. The Balaban J connectivity index is 1.62. The maximum Gasteiger partial charge on any atom is 0.414 e. The topological polar surface area (TPSA) is 75.7 Å². The van der Waals surface area contributed by atoms with Crippen LogP contribution in [0.5, 0.6) is 0 Å². The number of cyclic esters (lactones) is 1. The van der Waals surface area contributed by atoms with E-state index in [-0.39, 0.29) is 17.9 Å². The summed E-state index contributed by atoms with van der Waals surface area (Å²) in [6.07, 6.45) is 1.21. The highest BCUT2D eigenvalue weighted by Crippen LogP contribution is 2.37. The molecule has 1 N–H and O–H groups in total. The Hall–Kier alpha value is -2.86. The Morgan fingerprint density at radius 2 is 1.86 bits per heavy atom. The fourth-order valence-electron chi connectivity index (χ4n) is 3.64. The van der Waals surface area contributed by atoms with Crippen molar-refractivity contribution in [1.82, 2.24) is 5.32 Å². The van der Waals surface area contributed by atoms with Gasteiger partial charge in [-0.3, -0.25) is 19.8 Å². The van der Waals surface area contributed by atoms with E-state index in [1.54, 1.807) is 4.90 Å². The molecular weight excluding hydrogens is 380 g/mol. The lowest BCUT2D eigenvalue weighted by atomic mass is 9.88. The number of rotatable bonds is 3. The molecule has 2 aromatic rings. The molecule has 2 heterocycles. The first kappa shape index (κ1) is 18.5. The number of imide groups is 1. The number of piperidine rings is 1. The summed E-state index contributed by atoms with van der Waals surface area (Å²) in [5, 5.41) is 2.88. The monoisotopic (exact) mass is 398 g/mol. The van der Waals surface area contributed by atoms with Crippen molar-refractivity contribution < 1.29 is 19.1 Å². The minimum absolute atomic E-state index is 0.250. The van der Waals surface area contributed by atoms with Crippen LogP contribution in [0.1, 0.15) is 30.7 Å². The lowest BCUT2D eigenvalue weighted by molar-refractivity contribution is -0.134. The van der Waals surface area contributed by atoms with Crippen LogP contribution >= 0.6 is 11.6 Å². The van der Waals surface area contributed by atoms with Gasteiger partial charge in [-0.2, -0.15) is 0 Å². The van der Waals surface area contributed by atoms with Gasteiger partial charge in [-0.05, 0) is 36.1 Å². The van der Waals surface area contributed by atoms with Crippen molar-refractivity contribution in [1.29, 1.82) is 0 Å². The minimum atomic E-state index is -0.437. The number of hydrogen-bond acceptors (Lipinski definition) is 4.